The predicted octanol–water partition coefficient (Wildman–Crippen LogP) is 5.36. The zero-order valence-electron chi connectivity index (χ0n) is 15.6. The molecule has 2 aromatic rings. The Hall–Kier alpha value is -1.87. The lowest BCUT2D eigenvalue weighted by atomic mass is 9.95. The van der Waals surface area contributed by atoms with Crippen molar-refractivity contribution in [2.75, 3.05) is 6.54 Å². The quantitative estimate of drug-likeness (QED) is 0.624. The molecule has 0 aliphatic rings. The normalized spacial score (nSPS) is 13.1. The maximum Gasteiger partial charge on any atom is 0.166 e. The lowest BCUT2D eigenvalue weighted by Gasteiger charge is -2.21. The maximum absolute atomic E-state index is 5.48. The molecular weight excluding hydrogens is 324 g/mol. The molecule has 0 amide bonds. The molecule has 0 bridgehead atoms. The standard InChI is InChI=1S/C22H30N2S/c1-4-17(3)19-11-13-20(14-12-19)21(5-2)24-22(25)23-16-15-18-9-7-6-8-10-18/h6-14,17,21H,4-5,15-16H2,1-3H3,(H2,23,24,25). The maximum atomic E-state index is 5.48. The minimum Gasteiger partial charge on any atom is -0.362 e. The van der Waals surface area contributed by atoms with E-state index in [1.165, 1.54) is 23.1 Å². The van der Waals surface area contributed by atoms with Crippen molar-refractivity contribution in [2.24, 2.45) is 0 Å². The van der Waals surface area contributed by atoms with Crippen LogP contribution in [0.25, 0.3) is 0 Å². The summed E-state index contributed by atoms with van der Waals surface area (Å²) in [6.45, 7) is 7.54. The van der Waals surface area contributed by atoms with E-state index in [4.69, 9.17) is 12.2 Å². The van der Waals surface area contributed by atoms with Gasteiger partial charge in [-0.15, -0.1) is 0 Å². The van der Waals surface area contributed by atoms with Crippen molar-refractivity contribution in [1.82, 2.24) is 10.6 Å². The minimum absolute atomic E-state index is 0.253. The summed E-state index contributed by atoms with van der Waals surface area (Å²) in [6.07, 6.45) is 3.15. The Morgan fingerprint density at radius 2 is 1.56 bits per heavy atom. The molecule has 0 aromatic heterocycles. The van der Waals surface area contributed by atoms with Crippen molar-refractivity contribution < 1.29 is 0 Å². The molecule has 0 fully saturated rings. The number of hydrogen-bond donors (Lipinski definition) is 2. The average Bonchev–Trinajstić information content (AvgIpc) is 2.66. The Labute approximate surface area is 158 Å². The molecule has 2 aromatic carbocycles. The molecule has 2 atom stereocenters. The van der Waals surface area contributed by atoms with Gasteiger partial charge in [0.05, 0.1) is 6.04 Å². The number of benzene rings is 2. The topological polar surface area (TPSA) is 24.1 Å². The smallest absolute Gasteiger partial charge is 0.166 e. The van der Waals surface area contributed by atoms with E-state index in [0.29, 0.717) is 5.92 Å². The van der Waals surface area contributed by atoms with Crippen LogP contribution in [0, 0.1) is 0 Å². The van der Waals surface area contributed by atoms with Crippen LogP contribution in [-0.2, 0) is 6.42 Å². The summed E-state index contributed by atoms with van der Waals surface area (Å²) in [5.74, 6) is 0.614. The molecule has 2 unspecified atom stereocenters. The largest absolute Gasteiger partial charge is 0.362 e. The van der Waals surface area contributed by atoms with Gasteiger partial charge in [0.1, 0.15) is 0 Å². The Morgan fingerprint density at radius 1 is 0.920 bits per heavy atom. The van der Waals surface area contributed by atoms with E-state index in [1.807, 2.05) is 6.07 Å². The van der Waals surface area contributed by atoms with Gasteiger partial charge in [-0.05, 0) is 54.1 Å². The lowest BCUT2D eigenvalue weighted by molar-refractivity contribution is 0.615. The van der Waals surface area contributed by atoms with Crippen LogP contribution in [-0.4, -0.2) is 11.7 Å². The van der Waals surface area contributed by atoms with Crippen LogP contribution in [0.15, 0.2) is 54.6 Å². The summed E-state index contributed by atoms with van der Waals surface area (Å²) in [5.41, 5.74) is 4.02. The van der Waals surface area contributed by atoms with E-state index in [2.05, 4.69) is 79.9 Å². The van der Waals surface area contributed by atoms with E-state index < -0.39 is 0 Å². The van der Waals surface area contributed by atoms with Crippen LogP contribution in [0.4, 0.5) is 0 Å². The molecular formula is C22H30N2S. The summed E-state index contributed by atoms with van der Waals surface area (Å²) in [6, 6.07) is 19.7. The van der Waals surface area contributed by atoms with Gasteiger partial charge >= 0.3 is 0 Å². The van der Waals surface area contributed by atoms with Crippen molar-refractivity contribution in [3.8, 4) is 0 Å². The van der Waals surface area contributed by atoms with Crippen molar-refractivity contribution in [1.29, 1.82) is 0 Å². The second-order valence-corrected chi connectivity index (χ2v) is 6.98. The number of rotatable bonds is 8. The van der Waals surface area contributed by atoms with Crippen molar-refractivity contribution >= 4 is 17.3 Å². The first-order chi connectivity index (χ1) is 12.1. The first-order valence-corrected chi connectivity index (χ1v) is 9.73. The molecule has 0 radical (unpaired) electrons. The summed E-state index contributed by atoms with van der Waals surface area (Å²) in [4.78, 5) is 0. The summed E-state index contributed by atoms with van der Waals surface area (Å²) in [7, 11) is 0. The van der Waals surface area contributed by atoms with E-state index in [1.54, 1.807) is 0 Å². The monoisotopic (exact) mass is 354 g/mol. The molecule has 25 heavy (non-hydrogen) atoms. The van der Waals surface area contributed by atoms with Gasteiger partial charge in [0.15, 0.2) is 5.11 Å². The fourth-order valence-electron chi connectivity index (χ4n) is 2.89. The van der Waals surface area contributed by atoms with Gasteiger partial charge in [-0.3, -0.25) is 0 Å². The fraction of sp³-hybridized carbons (Fsp3) is 0.409. The molecule has 134 valence electrons. The highest BCUT2D eigenvalue weighted by Gasteiger charge is 2.11. The zero-order chi connectivity index (χ0) is 18.1. The van der Waals surface area contributed by atoms with E-state index in [-0.39, 0.29) is 6.04 Å². The molecule has 0 aliphatic heterocycles. The van der Waals surface area contributed by atoms with Gasteiger partial charge in [-0.25, -0.2) is 0 Å². The van der Waals surface area contributed by atoms with Crippen LogP contribution >= 0.6 is 12.2 Å². The van der Waals surface area contributed by atoms with Crippen molar-refractivity contribution in [2.45, 2.75) is 52.0 Å². The second-order valence-electron chi connectivity index (χ2n) is 6.57. The highest BCUT2D eigenvalue weighted by Crippen LogP contribution is 2.22. The number of thiocarbonyl (C=S) groups is 1. The van der Waals surface area contributed by atoms with Gasteiger partial charge in [0.25, 0.3) is 0 Å². The van der Waals surface area contributed by atoms with Gasteiger partial charge in [-0.2, -0.15) is 0 Å². The lowest BCUT2D eigenvalue weighted by Crippen LogP contribution is -2.38. The highest BCUT2D eigenvalue weighted by atomic mass is 32.1. The van der Waals surface area contributed by atoms with Gasteiger partial charge in [0.2, 0.25) is 0 Å². The highest BCUT2D eigenvalue weighted by molar-refractivity contribution is 7.80. The minimum atomic E-state index is 0.253. The molecule has 0 saturated heterocycles. The van der Waals surface area contributed by atoms with Crippen molar-refractivity contribution in [3.63, 3.8) is 0 Å². The molecule has 2 nitrogen and oxygen atoms in total. The second kappa shape index (κ2) is 10.2. The third-order valence-corrected chi connectivity index (χ3v) is 5.04. The molecule has 0 heterocycles. The summed E-state index contributed by atoms with van der Waals surface area (Å²) < 4.78 is 0. The Kier molecular flexibility index (Phi) is 7.93. The molecule has 0 saturated carbocycles. The van der Waals surface area contributed by atoms with Gasteiger partial charge < -0.3 is 10.6 Å². The summed E-state index contributed by atoms with van der Waals surface area (Å²) >= 11 is 5.48. The number of nitrogens with one attached hydrogen (secondary N) is 2. The summed E-state index contributed by atoms with van der Waals surface area (Å²) in [5, 5.41) is 7.51. The molecule has 3 heteroatoms. The Balaban J connectivity index is 1.84. The first kappa shape index (κ1) is 19.5. The Bertz CT molecular complexity index is 637. The van der Waals surface area contributed by atoms with E-state index >= 15 is 0 Å². The molecule has 0 aliphatic carbocycles. The molecule has 2 N–H and O–H groups in total. The average molecular weight is 355 g/mol. The van der Waals surface area contributed by atoms with Crippen LogP contribution in [0.5, 0.6) is 0 Å². The van der Waals surface area contributed by atoms with Gasteiger partial charge in [0, 0.05) is 6.54 Å². The van der Waals surface area contributed by atoms with E-state index in [0.717, 1.165) is 24.5 Å². The van der Waals surface area contributed by atoms with Crippen LogP contribution in [0.2, 0.25) is 0 Å². The molecule has 0 spiro atoms. The zero-order valence-corrected chi connectivity index (χ0v) is 16.4. The SMILES string of the molecule is CCC(C)c1ccc(C(CC)NC(=S)NCCc2ccccc2)cc1. The van der Waals surface area contributed by atoms with Crippen molar-refractivity contribution in [3.05, 3.63) is 71.3 Å². The third-order valence-electron chi connectivity index (χ3n) is 4.78. The molecule has 2 rings (SSSR count). The fourth-order valence-corrected chi connectivity index (χ4v) is 3.13. The first-order valence-electron chi connectivity index (χ1n) is 9.32. The van der Waals surface area contributed by atoms with E-state index in [9.17, 15) is 0 Å². The Morgan fingerprint density at radius 3 is 2.16 bits per heavy atom. The van der Waals surface area contributed by atoms with Crippen LogP contribution in [0.1, 0.15) is 62.3 Å². The third kappa shape index (κ3) is 6.17. The number of hydrogen-bond acceptors (Lipinski definition) is 1. The van der Waals surface area contributed by atoms with Crippen LogP contribution in [0.3, 0.4) is 0 Å². The predicted molar refractivity (Wildman–Crippen MR) is 112 cm³/mol. The van der Waals surface area contributed by atoms with Gasteiger partial charge in [-0.1, -0.05) is 75.4 Å². The van der Waals surface area contributed by atoms with Crippen LogP contribution < -0.4 is 10.6 Å².